The largest absolute Gasteiger partial charge is 0.467 e. The van der Waals surface area contributed by atoms with Gasteiger partial charge in [-0.15, -0.1) is 0 Å². The zero-order valence-corrected chi connectivity index (χ0v) is 7.57. The first-order valence-electron chi connectivity index (χ1n) is 4.72. The van der Waals surface area contributed by atoms with Gasteiger partial charge in [0.2, 0.25) is 0 Å². The second-order valence-electron chi connectivity index (χ2n) is 3.86. The molecule has 1 aromatic heterocycles. The molecule has 13 heavy (non-hydrogen) atoms. The minimum atomic E-state index is -0.345. The molecule has 0 amide bonds. The number of aliphatic hydroxyl groups is 1. The maximum atomic E-state index is 9.35. The SMILES string of the molecule is NC1(c2ccco2)CCC(O)CC1. The van der Waals surface area contributed by atoms with Crippen molar-refractivity contribution in [2.75, 3.05) is 0 Å². The van der Waals surface area contributed by atoms with Crippen LogP contribution in [0.2, 0.25) is 0 Å². The van der Waals surface area contributed by atoms with Gasteiger partial charge in [0, 0.05) is 0 Å². The van der Waals surface area contributed by atoms with Crippen LogP contribution in [0.5, 0.6) is 0 Å². The Morgan fingerprint density at radius 1 is 1.46 bits per heavy atom. The molecule has 72 valence electrons. The molecule has 0 spiro atoms. The van der Waals surface area contributed by atoms with Crippen LogP contribution in [-0.2, 0) is 5.54 Å². The third-order valence-electron chi connectivity index (χ3n) is 2.86. The van der Waals surface area contributed by atoms with Gasteiger partial charge in [0.05, 0.1) is 17.9 Å². The molecule has 3 heteroatoms. The molecular weight excluding hydrogens is 166 g/mol. The van der Waals surface area contributed by atoms with E-state index in [-0.39, 0.29) is 11.6 Å². The summed E-state index contributed by atoms with van der Waals surface area (Å²) in [6, 6.07) is 3.77. The van der Waals surface area contributed by atoms with Crippen LogP contribution in [0.4, 0.5) is 0 Å². The van der Waals surface area contributed by atoms with Crippen LogP contribution in [-0.4, -0.2) is 11.2 Å². The number of hydrogen-bond acceptors (Lipinski definition) is 3. The molecule has 1 aliphatic carbocycles. The number of aliphatic hydroxyl groups excluding tert-OH is 1. The van der Waals surface area contributed by atoms with Crippen LogP contribution >= 0.6 is 0 Å². The summed E-state index contributed by atoms with van der Waals surface area (Å²) >= 11 is 0. The Morgan fingerprint density at radius 3 is 2.69 bits per heavy atom. The lowest BCUT2D eigenvalue weighted by atomic mass is 9.79. The Hall–Kier alpha value is -0.800. The smallest absolute Gasteiger partial charge is 0.123 e. The van der Waals surface area contributed by atoms with E-state index in [0.29, 0.717) is 0 Å². The van der Waals surface area contributed by atoms with E-state index in [0.717, 1.165) is 31.4 Å². The molecule has 1 fully saturated rings. The number of furan rings is 1. The predicted octanol–water partition coefficient (Wildman–Crippen LogP) is 1.37. The Labute approximate surface area is 77.5 Å². The molecule has 0 saturated heterocycles. The van der Waals surface area contributed by atoms with Gasteiger partial charge in [-0.05, 0) is 37.8 Å². The molecule has 2 rings (SSSR count). The molecule has 3 nitrogen and oxygen atoms in total. The highest BCUT2D eigenvalue weighted by atomic mass is 16.3. The lowest BCUT2D eigenvalue weighted by molar-refractivity contribution is 0.0894. The standard InChI is InChI=1S/C10H15NO2/c11-10(9-2-1-7-13-9)5-3-8(12)4-6-10/h1-2,7-8,12H,3-6,11H2. The molecule has 0 atom stereocenters. The zero-order chi connectivity index (χ0) is 9.31. The van der Waals surface area contributed by atoms with Gasteiger partial charge in [0.25, 0.3) is 0 Å². The second kappa shape index (κ2) is 3.16. The van der Waals surface area contributed by atoms with Crippen molar-refractivity contribution in [3.8, 4) is 0 Å². The maximum Gasteiger partial charge on any atom is 0.123 e. The fraction of sp³-hybridized carbons (Fsp3) is 0.600. The third-order valence-corrected chi connectivity index (χ3v) is 2.86. The summed E-state index contributed by atoms with van der Waals surface area (Å²) in [5.74, 6) is 0.847. The van der Waals surface area contributed by atoms with Crippen molar-refractivity contribution in [2.45, 2.75) is 37.3 Å². The van der Waals surface area contributed by atoms with E-state index < -0.39 is 0 Å². The van der Waals surface area contributed by atoms with Crippen molar-refractivity contribution in [1.82, 2.24) is 0 Å². The first-order valence-corrected chi connectivity index (χ1v) is 4.72. The van der Waals surface area contributed by atoms with E-state index in [1.54, 1.807) is 6.26 Å². The Kier molecular flexibility index (Phi) is 2.14. The first-order chi connectivity index (χ1) is 6.21. The van der Waals surface area contributed by atoms with E-state index in [1.165, 1.54) is 0 Å². The first kappa shape index (κ1) is 8.78. The van der Waals surface area contributed by atoms with Gasteiger partial charge in [-0.2, -0.15) is 0 Å². The third kappa shape index (κ3) is 1.62. The van der Waals surface area contributed by atoms with Crippen molar-refractivity contribution in [2.24, 2.45) is 5.73 Å². The summed E-state index contributed by atoms with van der Waals surface area (Å²) in [5.41, 5.74) is 5.84. The van der Waals surface area contributed by atoms with Crippen molar-refractivity contribution in [3.63, 3.8) is 0 Å². The minimum absolute atomic E-state index is 0.174. The highest BCUT2D eigenvalue weighted by Crippen LogP contribution is 2.34. The van der Waals surface area contributed by atoms with Gasteiger partial charge >= 0.3 is 0 Å². The summed E-state index contributed by atoms with van der Waals surface area (Å²) in [7, 11) is 0. The van der Waals surface area contributed by atoms with Gasteiger partial charge in [-0.1, -0.05) is 0 Å². The Morgan fingerprint density at radius 2 is 2.15 bits per heavy atom. The lowest BCUT2D eigenvalue weighted by Crippen LogP contribution is -2.41. The Balaban J connectivity index is 2.13. The van der Waals surface area contributed by atoms with Crippen LogP contribution in [0.15, 0.2) is 22.8 Å². The van der Waals surface area contributed by atoms with Crippen molar-refractivity contribution < 1.29 is 9.52 Å². The van der Waals surface area contributed by atoms with E-state index in [1.807, 2.05) is 12.1 Å². The fourth-order valence-corrected chi connectivity index (χ4v) is 1.93. The van der Waals surface area contributed by atoms with E-state index in [9.17, 15) is 5.11 Å². The summed E-state index contributed by atoms with van der Waals surface area (Å²) < 4.78 is 5.30. The van der Waals surface area contributed by atoms with Crippen LogP contribution in [0.3, 0.4) is 0 Å². The molecule has 0 aromatic carbocycles. The summed E-state index contributed by atoms with van der Waals surface area (Å²) in [5, 5.41) is 9.35. The van der Waals surface area contributed by atoms with Crippen LogP contribution < -0.4 is 5.73 Å². The number of hydrogen-bond donors (Lipinski definition) is 2. The second-order valence-corrected chi connectivity index (χ2v) is 3.86. The van der Waals surface area contributed by atoms with Crippen LogP contribution in [0.25, 0.3) is 0 Å². The average Bonchev–Trinajstić information content (AvgIpc) is 2.63. The van der Waals surface area contributed by atoms with Gasteiger partial charge in [-0.3, -0.25) is 0 Å². The zero-order valence-electron chi connectivity index (χ0n) is 7.57. The maximum absolute atomic E-state index is 9.35. The molecule has 0 bridgehead atoms. The van der Waals surface area contributed by atoms with Crippen LogP contribution in [0.1, 0.15) is 31.4 Å². The molecule has 3 N–H and O–H groups in total. The highest BCUT2D eigenvalue weighted by Gasteiger charge is 2.34. The van der Waals surface area contributed by atoms with Gasteiger partial charge in [-0.25, -0.2) is 0 Å². The Bertz CT molecular complexity index is 260. The van der Waals surface area contributed by atoms with Gasteiger partial charge in [0.15, 0.2) is 0 Å². The quantitative estimate of drug-likeness (QED) is 0.687. The molecular formula is C10H15NO2. The summed E-state index contributed by atoms with van der Waals surface area (Å²) in [6.07, 6.45) is 4.64. The topological polar surface area (TPSA) is 59.4 Å². The molecule has 0 unspecified atom stereocenters. The molecule has 0 radical (unpaired) electrons. The fourth-order valence-electron chi connectivity index (χ4n) is 1.93. The average molecular weight is 181 g/mol. The predicted molar refractivity (Wildman–Crippen MR) is 49.0 cm³/mol. The van der Waals surface area contributed by atoms with Crippen molar-refractivity contribution in [1.29, 1.82) is 0 Å². The molecule has 0 aliphatic heterocycles. The number of nitrogens with two attached hydrogens (primary N) is 1. The minimum Gasteiger partial charge on any atom is -0.467 e. The monoisotopic (exact) mass is 181 g/mol. The van der Waals surface area contributed by atoms with Gasteiger partial charge < -0.3 is 15.3 Å². The molecule has 1 heterocycles. The van der Waals surface area contributed by atoms with Gasteiger partial charge in [0.1, 0.15) is 5.76 Å². The lowest BCUT2D eigenvalue weighted by Gasteiger charge is -2.33. The van der Waals surface area contributed by atoms with Crippen molar-refractivity contribution >= 4 is 0 Å². The molecule has 1 saturated carbocycles. The highest BCUT2D eigenvalue weighted by molar-refractivity contribution is 5.12. The summed E-state index contributed by atoms with van der Waals surface area (Å²) in [4.78, 5) is 0. The molecule has 1 aromatic rings. The number of rotatable bonds is 1. The van der Waals surface area contributed by atoms with Crippen LogP contribution in [0, 0.1) is 0 Å². The van der Waals surface area contributed by atoms with E-state index in [2.05, 4.69) is 0 Å². The molecule has 1 aliphatic rings. The van der Waals surface area contributed by atoms with E-state index >= 15 is 0 Å². The van der Waals surface area contributed by atoms with E-state index in [4.69, 9.17) is 10.2 Å². The van der Waals surface area contributed by atoms with Crippen molar-refractivity contribution in [3.05, 3.63) is 24.2 Å². The normalized spacial score (nSPS) is 34.8. The summed E-state index contributed by atoms with van der Waals surface area (Å²) in [6.45, 7) is 0.